The number of nitrogens with zero attached hydrogens (tertiary/aromatic N) is 6. The summed E-state index contributed by atoms with van der Waals surface area (Å²) in [7, 11) is 3.44. The lowest BCUT2D eigenvalue weighted by atomic mass is 10.0. The van der Waals surface area contributed by atoms with E-state index in [0.717, 1.165) is 96.2 Å². The first-order chi connectivity index (χ1) is 17.6. The molecule has 9 heteroatoms. The van der Waals surface area contributed by atoms with Crippen LogP contribution in [0.25, 0.3) is 0 Å². The van der Waals surface area contributed by atoms with Gasteiger partial charge in [-0.25, -0.2) is 15.0 Å². The minimum atomic E-state index is 0.201. The largest absolute Gasteiger partial charge is 0.490 e. The van der Waals surface area contributed by atoms with Gasteiger partial charge in [0, 0.05) is 91.8 Å². The Morgan fingerprint density at radius 2 is 1.75 bits per heavy atom. The van der Waals surface area contributed by atoms with Gasteiger partial charge < -0.3 is 14.4 Å². The van der Waals surface area contributed by atoms with Gasteiger partial charge in [-0.3, -0.25) is 10.1 Å². The van der Waals surface area contributed by atoms with Crippen molar-refractivity contribution in [1.29, 1.82) is 0 Å². The van der Waals surface area contributed by atoms with Crippen LogP contribution in [0.2, 0.25) is 0 Å². The van der Waals surface area contributed by atoms with E-state index in [9.17, 15) is 5.21 Å². The molecule has 0 aliphatic carbocycles. The molecule has 1 aromatic carbocycles. The van der Waals surface area contributed by atoms with Crippen LogP contribution in [-0.2, 0) is 24.1 Å². The summed E-state index contributed by atoms with van der Waals surface area (Å²) in [5, 5.41) is 12.8. The number of hydrogen-bond donors (Lipinski definition) is 1. The van der Waals surface area contributed by atoms with Gasteiger partial charge in [0.25, 0.3) is 0 Å². The highest BCUT2D eigenvalue weighted by atomic mass is 16.5. The van der Waals surface area contributed by atoms with E-state index in [1.165, 1.54) is 21.9 Å². The number of ether oxygens (including phenoxy) is 2. The predicted octanol–water partition coefficient (Wildman–Crippen LogP) is 3.02. The van der Waals surface area contributed by atoms with Crippen molar-refractivity contribution >= 4 is 5.95 Å². The Balaban J connectivity index is 1.34. The summed E-state index contributed by atoms with van der Waals surface area (Å²) in [4.78, 5) is 13.8. The van der Waals surface area contributed by atoms with E-state index in [0.29, 0.717) is 0 Å². The molecular formula is C27H42N6O3. The van der Waals surface area contributed by atoms with Crippen molar-refractivity contribution in [3.63, 3.8) is 0 Å². The second-order valence-electron chi connectivity index (χ2n) is 9.81. The molecule has 198 valence electrons. The Kier molecular flexibility index (Phi) is 9.89. The molecule has 3 heterocycles. The molecule has 2 aliphatic heterocycles. The maximum atomic E-state index is 9.66. The van der Waals surface area contributed by atoms with Crippen molar-refractivity contribution < 1.29 is 14.7 Å². The third kappa shape index (κ3) is 7.36. The normalized spacial score (nSPS) is 18.2. The molecule has 2 aliphatic rings. The highest BCUT2D eigenvalue weighted by molar-refractivity contribution is 5.38. The molecule has 0 spiro atoms. The molecule has 1 aromatic heterocycles. The number of piperazine rings is 1. The highest BCUT2D eigenvalue weighted by Gasteiger charge is 2.24. The molecule has 0 unspecified atom stereocenters. The fraction of sp³-hybridized carbons (Fsp3) is 0.630. The third-order valence-corrected chi connectivity index (χ3v) is 7.20. The predicted molar refractivity (Wildman–Crippen MR) is 140 cm³/mol. The van der Waals surface area contributed by atoms with Crippen molar-refractivity contribution in [2.24, 2.45) is 0 Å². The van der Waals surface area contributed by atoms with Gasteiger partial charge in [0.1, 0.15) is 11.9 Å². The molecule has 0 atom stereocenters. The van der Waals surface area contributed by atoms with Crippen LogP contribution >= 0.6 is 0 Å². The molecule has 0 amide bonds. The second-order valence-corrected chi connectivity index (χ2v) is 9.81. The van der Waals surface area contributed by atoms with E-state index in [2.05, 4.69) is 44.9 Å². The maximum absolute atomic E-state index is 9.66. The number of benzene rings is 1. The zero-order valence-corrected chi connectivity index (χ0v) is 22.1. The summed E-state index contributed by atoms with van der Waals surface area (Å²) >= 11 is 0. The van der Waals surface area contributed by atoms with Crippen molar-refractivity contribution in [2.75, 3.05) is 64.9 Å². The van der Waals surface area contributed by atoms with Crippen molar-refractivity contribution in [3.8, 4) is 5.75 Å². The van der Waals surface area contributed by atoms with Crippen LogP contribution in [0.3, 0.4) is 0 Å². The number of hydrogen-bond acceptors (Lipinski definition) is 9. The smallest absolute Gasteiger partial charge is 0.225 e. The van der Waals surface area contributed by atoms with Gasteiger partial charge in [0.2, 0.25) is 5.95 Å². The fourth-order valence-corrected chi connectivity index (χ4v) is 4.94. The van der Waals surface area contributed by atoms with Crippen LogP contribution in [0.4, 0.5) is 5.95 Å². The van der Waals surface area contributed by atoms with Crippen molar-refractivity contribution in [1.82, 2.24) is 25.0 Å². The fourth-order valence-electron chi connectivity index (χ4n) is 4.94. The summed E-state index contributed by atoms with van der Waals surface area (Å²) < 4.78 is 11.9. The van der Waals surface area contributed by atoms with Crippen molar-refractivity contribution in [3.05, 3.63) is 47.3 Å². The van der Waals surface area contributed by atoms with E-state index in [1.54, 1.807) is 14.2 Å². The SMILES string of the molecule is CCc1cnc(N2CCC(Oc3ccc(CN4CCN(N(C)O)CC4)cc3CCCOC)CC2)nc1. The van der Waals surface area contributed by atoms with Crippen LogP contribution in [0, 0.1) is 0 Å². The monoisotopic (exact) mass is 498 g/mol. The first-order valence-corrected chi connectivity index (χ1v) is 13.3. The van der Waals surface area contributed by atoms with Gasteiger partial charge in [-0.1, -0.05) is 19.1 Å². The Morgan fingerprint density at radius 1 is 1.03 bits per heavy atom. The number of aryl methyl sites for hydroxylation is 2. The molecule has 9 nitrogen and oxygen atoms in total. The molecule has 2 aromatic rings. The first-order valence-electron chi connectivity index (χ1n) is 13.3. The number of rotatable bonds is 11. The maximum Gasteiger partial charge on any atom is 0.225 e. The average Bonchev–Trinajstić information content (AvgIpc) is 2.91. The molecule has 2 fully saturated rings. The lowest BCUT2D eigenvalue weighted by molar-refractivity contribution is -0.236. The zero-order valence-electron chi connectivity index (χ0n) is 22.1. The molecule has 0 saturated carbocycles. The summed E-state index contributed by atoms with van der Waals surface area (Å²) in [6.07, 6.45) is 8.86. The molecule has 36 heavy (non-hydrogen) atoms. The van der Waals surface area contributed by atoms with Crippen LogP contribution in [-0.4, -0.2) is 96.4 Å². The van der Waals surface area contributed by atoms with E-state index < -0.39 is 0 Å². The lowest BCUT2D eigenvalue weighted by Gasteiger charge is -2.36. The zero-order chi connectivity index (χ0) is 25.3. The molecular weight excluding hydrogens is 456 g/mol. The Morgan fingerprint density at radius 3 is 2.39 bits per heavy atom. The van der Waals surface area contributed by atoms with Crippen LogP contribution in [0.15, 0.2) is 30.6 Å². The summed E-state index contributed by atoms with van der Waals surface area (Å²) in [5.41, 5.74) is 3.74. The minimum Gasteiger partial charge on any atom is -0.490 e. The van der Waals surface area contributed by atoms with E-state index >= 15 is 0 Å². The average molecular weight is 499 g/mol. The quantitative estimate of drug-likeness (QED) is 0.372. The first kappa shape index (κ1) is 26.8. The number of hydrazine groups is 1. The van der Waals surface area contributed by atoms with Gasteiger partial charge in [-0.15, -0.1) is 5.17 Å². The number of piperidine rings is 1. The summed E-state index contributed by atoms with van der Waals surface area (Å²) in [6.45, 7) is 9.13. The Labute approximate surface area is 215 Å². The molecule has 0 bridgehead atoms. The van der Waals surface area contributed by atoms with E-state index in [1.807, 2.05) is 17.4 Å². The summed E-state index contributed by atoms with van der Waals surface area (Å²) in [6, 6.07) is 6.68. The number of aromatic nitrogens is 2. The molecule has 2 saturated heterocycles. The molecule has 0 radical (unpaired) electrons. The third-order valence-electron chi connectivity index (χ3n) is 7.20. The number of anilines is 1. The highest BCUT2D eigenvalue weighted by Crippen LogP contribution is 2.27. The van der Waals surface area contributed by atoms with E-state index in [-0.39, 0.29) is 6.10 Å². The van der Waals surface area contributed by atoms with E-state index in [4.69, 9.17) is 9.47 Å². The van der Waals surface area contributed by atoms with Gasteiger partial charge in [0.15, 0.2) is 0 Å². The van der Waals surface area contributed by atoms with Gasteiger partial charge >= 0.3 is 0 Å². The van der Waals surface area contributed by atoms with Crippen LogP contribution in [0.5, 0.6) is 5.75 Å². The summed E-state index contributed by atoms with van der Waals surface area (Å²) in [5.74, 6) is 1.82. The second kappa shape index (κ2) is 13.3. The van der Waals surface area contributed by atoms with Crippen LogP contribution in [0.1, 0.15) is 42.9 Å². The number of hydroxylamine groups is 1. The molecule has 1 N–H and O–H groups in total. The Bertz CT molecular complexity index is 926. The molecule has 4 rings (SSSR count). The van der Waals surface area contributed by atoms with Crippen LogP contribution < -0.4 is 9.64 Å². The van der Waals surface area contributed by atoms with Gasteiger partial charge in [-0.2, -0.15) is 0 Å². The lowest BCUT2D eigenvalue weighted by Crippen LogP contribution is -2.51. The Hall–Kier alpha value is -2.30. The topological polar surface area (TPSA) is 77.4 Å². The standard InChI is InChI=1S/C27H42N6O3/c1-4-22-19-28-27(29-20-22)32-11-9-25(10-12-32)36-26-8-7-23(18-24(26)6-5-17-35-3)21-31-13-15-33(16-14-31)30(2)34/h7-8,18-20,25,34H,4-6,9-17,21H2,1-3H3. The van der Waals surface area contributed by atoms with Crippen molar-refractivity contribution in [2.45, 2.75) is 51.7 Å². The number of methoxy groups -OCH3 is 1. The van der Waals surface area contributed by atoms with Gasteiger partial charge in [-0.05, 0) is 42.0 Å². The minimum absolute atomic E-state index is 0.201. The van der Waals surface area contributed by atoms with Gasteiger partial charge in [0.05, 0.1) is 0 Å².